The van der Waals surface area contributed by atoms with Gasteiger partial charge in [-0.2, -0.15) is 0 Å². The summed E-state index contributed by atoms with van der Waals surface area (Å²) in [5.41, 5.74) is 0.318. The van der Waals surface area contributed by atoms with E-state index in [1.165, 1.54) is 6.07 Å². The summed E-state index contributed by atoms with van der Waals surface area (Å²) in [7, 11) is 1.73. The highest BCUT2D eigenvalue weighted by Crippen LogP contribution is 2.32. The highest BCUT2D eigenvalue weighted by Gasteiger charge is 2.30. The third-order valence-corrected chi connectivity index (χ3v) is 3.74. The van der Waals surface area contributed by atoms with Gasteiger partial charge in [-0.1, -0.05) is 13.0 Å². The van der Waals surface area contributed by atoms with E-state index in [9.17, 15) is 4.79 Å². The fourth-order valence-electron chi connectivity index (χ4n) is 2.49. The van der Waals surface area contributed by atoms with E-state index in [1.807, 2.05) is 6.07 Å². The lowest BCUT2D eigenvalue weighted by atomic mass is 9.81. The van der Waals surface area contributed by atoms with Crippen molar-refractivity contribution in [3.8, 4) is 0 Å². The number of carboxylic acid groups (broad SMARTS) is 1. The fraction of sp³-hybridized carbons (Fsp3) is 0.571. The minimum atomic E-state index is -0.983. The average molecular weight is 264 g/mol. The van der Waals surface area contributed by atoms with E-state index >= 15 is 0 Å². The minimum absolute atomic E-state index is 0.0997. The number of rotatable bonds is 4. The van der Waals surface area contributed by atoms with Gasteiger partial charge in [-0.25, -0.2) is 9.78 Å². The van der Waals surface area contributed by atoms with E-state index < -0.39 is 5.97 Å². The first-order chi connectivity index (χ1) is 9.04. The van der Waals surface area contributed by atoms with Gasteiger partial charge in [0.1, 0.15) is 5.82 Å². The summed E-state index contributed by atoms with van der Waals surface area (Å²) in [5, 5.41) is 8.96. The van der Waals surface area contributed by atoms with Gasteiger partial charge in [0.15, 0.2) is 5.69 Å². The number of pyridine rings is 1. The average Bonchev–Trinajstić information content (AvgIpc) is 2.40. The zero-order valence-electron chi connectivity index (χ0n) is 11.4. The van der Waals surface area contributed by atoms with E-state index in [4.69, 9.17) is 9.84 Å². The van der Waals surface area contributed by atoms with Crippen LogP contribution in [0.25, 0.3) is 0 Å². The highest BCUT2D eigenvalue weighted by atomic mass is 16.5. The topological polar surface area (TPSA) is 62.7 Å². The van der Waals surface area contributed by atoms with Crippen molar-refractivity contribution in [2.45, 2.75) is 19.8 Å². The Morgan fingerprint density at radius 3 is 2.74 bits per heavy atom. The Balaban J connectivity index is 2.05. The molecule has 2 rings (SSSR count). The standard InChI is InChI=1S/C14H20N2O3/c1-14(10-19-2)6-8-16(9-7-14)12-5-3-4-11(15-12)13(17)18/h3-5H,6-10H2,1-2H3,(H,17,18). The van der Waals surface area contributed by atoms with Crippen molar-refractivity contribution >= 4 is 11.8 Å². The number of anilines is 1. The van der Waals surface area contributed by atoms with E-state index in [1.54, 1.807) is 13.2 Å². The molecule has 2 heterocycles. The third-order valence-electron chi connectivity index (χ3n) is 3.74. The molecule has 104 valence electrons. The first kappa shape index (κ1) is 13.8. The Morgan fingerprint density at radius 1 is 1.47 bits per heavy atom. The summed E-state index contributed by atoms with van der Waals surface area (Å²) in [6.07, 6.45) is 2.06. The molecule has 0 aliphatic carbocycles. The van der Waals surface area contributed by atoms with Crippen molar-refractivity contribution in [1.29, 1.82) is 0 Å². The lowest BCUT2D eigenvalue weighted by Gasteiger charge is -2.39. The van der Waals surface area contributed by atoms with Crippen LogP contribution in [0.5, 0.6) is 0 Å². The Kier molecular flexibility index (Phi) is 4.04. The second-order valence-corrected chi connectivity index (χ2v) is 5.42. The van der Waals surface area contributed by atoms with Crippen LogP contribution in [0, 0.1) is 5.41 Å². The number of piperidine rings is 1. The molecule has 5 nitrogen and oxygen atoms in total. The Hall–Kier alpha value is -1.62. The van der Waals surface area contributed by atoms with Crippen LogP contribution in [0.2, 0.25) is 0 Å². The lowest BCUT2D eigenvalue weighted by Crippen LogP contribution is -2.41. The van der Waals surface area contributed by atoms with Crippen LogP contribution in [-0.4, -0.2) is 42.9 Å². The van der Waals surface area contributed by atoms with Gasteiger partial charge in [0.05, 0.1) is 6.61 Å². The van der Waals surface area contributed by atoms with Crippen LogP contribution in [0.1, 0.15) is 30.3 Å². The van der Waals surface area contributed by atoms with Gasteiger partial charge in [0.2, 0.25) is 0 Å². The monoisotopic (exact) mass is 264 g/mol. The summed E-state index contributed by atoms with van der Waals surface area (Å²) >= 11 is 0. The smallest absolute Gasteiger partial charge is 0.354 e. The molecule has 1 N–H and O–H groups in total. The normalized spacial score (nSPS) is 18.3. The Morgan fingerprint density at radius 2 is 2.16 bits per heavy atom. The second kappa shape index (κ2) is 5.57. The molecule has 0 spiro atoms. The van der Waals surface area contributed by atoms with Crippen molar-refractivity contribution in [2.24, 2.45) is 5.41 Å². The third kappa shape index (κ3) is 3.23. The van der Waals surface area contributed by atoms with Crippen LogP contribution in [0.4, 0.5) is 5.82 Å². The van der Waals surface area contributed by atoms with E-state index in [2.05, 4.69) is 16.8 Å². The van der Waals surface area contributed by atoms with Gasteiger partial charge >= 0.3 is 5.97 Å². The second-order valence-electron chi connectivity index (χ2n) is 5.42. The molecule has 0 amide bonds. The molecule has 0 atom stereocenters. The maximum Gasteiger partial charge on any atom is 0.354 e. The van der Waals surface area contributed by atoms with Gasteiger partial charge < -0.3 is 14.7 Å². The number of ether oxygens (including phenoxy) is 1. The van der Waals surface area contributed by atoms with Crippen molar-refractivity contribution in [3.63, 3.8) is 0 Å². The van der Waals surface area contributed by atoms with Gasteiger partial charge in [-0.3, -0.25) is 0 Å². The number of carbonyl (C=O) groups is 1. The molecule has 1 aliphatic rings. The van der Waals surface area contributed by atoms with E-state index in [0.717, 1.165) is 38.4 Å². The number of nitrogens with zero attached hydrogens (tertiary/aromatic N) is 2. The number of aromatic nitrogens is 1. The van der Waals surface area contributed by atoms with E-state index in [0.29, 0.717) is 0 Å². The molecule has 1 fully saturated rings. The lowest BCUT2D eigenvalue weighted by molar-refractivity contribution is 0.0689. The molecule has 1 aromatic rings. The van der Waals surface area contributed by atoms with E-state index in [-0.39, 0.29) is 11.1 Å². The van der Waals surface area contributed by atoms with Crippen LogP contribution >= 0.6 is 0 Å². The van der Waals surface area contributed by atoms with Crippen LogP contribution < -0.4 is 4.90 Å². The first-order valence-electron chi connectivity index (χ1n) is 6.48. The molecule has 5 heteroatoms. The highest BCUT2D eigenvalue weighted by molar-refractivity contribution is 5.85. The van der Waals surface area contributed by atoms with Gasteiger partial charge in [0.25, 0.3) is 0 Å². The zero-order valence-corrected chi connectivity index (χ0v) is 11.4. The number of hydrogen-bond donors (Lipinski definition) is 1. The summed E-state index contributed by atoms with van der Waals surface area (Å²) in [4.78, 5) is 17.3. The molecule has 0 bridgehead atoms. The summed E-state index contributed by atoms with van der Waals surface area (Å²) < 4.78 is 5.26. The minimum Gasteiger partial charge on any atom is -0.477 e. The SMILES string of the molecule is COCC1(C)CCN(c2cccc(C(=O)O)n2)CC1. The quantitative estimate of drug-likeness (QED) is 0.901. The van der Waals surface area contributed by atoms with Gasteiger partial charge in [0, 0.05) is 20.2 Å². The molecule has 0 unspecified atom stereocenters. The first-order valence-corrected chi connectivity index (χ1v) is 6.48. The molecule has 0 saturated carbocycles. The molecule has 1 aliphatic heterocycles. The number of carboxylic acids is 1. The molecule has 1 saturated heterocycles. The van der Waals surface area contributed by atoms with Crippen LogP contribution in [-0.2, 0) is 4.74 Å². The molecular formula is C14H20N2O3. The Labute approximate surface area is 113 Å². The number of methoxy groups -OCH3 is 1. The van der Waals surface area contributed by atoms with Crippen molar-refractivity contribution in [3.05, 3.63) is 23.9 Å². The number of hydrogen-bond acceptors (Lipinski definition) is 4. The van der Waals surface area contributed by atoms with Crippen molar-refractivity contribution in [2.75, 3.05) is 31.7 Å². The maximum absolute atomic E-state index is 10.9. The predicted octanol–water partition coefficient (Wildman–Crippen LogP) is 2.03. The number of aromatic carboxylic acids is 1. The van der Waals surface area contributed by atoms with Crippen LogP contribution in [0.15, 0.2) is 18.2 Å². The summed E-state index contributed by atoms with van der Waals surface area (Å²) in [5.74, 6) is -0.234. The van der Waals surface area contributed by atoms with Crippen molar-refractivity contribution < 1.29 is 14.6 Å². The molecule has 0 radical (unpaired) electrons. The maximum atomic E-state index is 10.9. The summed E-state index contributed by atoms with van der Waals surface area (Å²) in [6, 6.07) is 5.13. The largest absolute Gasteiger partial charge is 0.477 e. The molecular weight excluding hydrogens is 244 g/mol. The molecule has 1 aromatic heterocycles. The summed E-state index contributed by atoms with van der Waals surface area (Å²) in [6.45, 7) is 4.77. The fourth-order valence-corrected chi connectivity index (χ4v) is 2.49. The molecule has 19 heavy (non-hydrogen) atoms. The van der Waals surface area contributed by atoms with Crippen molar-refractivity contribution in [1.82, 2.24) is 4.98 Å². The van der Waals surface area contributed by atoms with Gasteiger partial charge in [-0.15, -0.1) is 0 Å². The zero-order chi connectivity index (χ0) is 13.9. The predicted molar refractivity (Wildman–Crippen MR) is 72.6 cm³/mol. The Bertz CT molecular complexity index is 454. The van der Waals surface area contributed by atoms with Gasteiger partial charge in [-0.05, 0) is 30.4 Å². The molecule has 0 aromatic carbocycles. The van der Waals surface area contributed by atoms with Crippen LogP contribution in [0.3, 0.4) is 0 Å².